The maximum absolute atomic E-state index is 12.3. The molecule has 0 radical (unpaired) electrons. The van der Waals surface area contributed by atoms with Crippen LogP contribution < -0.4 is 5.32 Å². The molecule has 6 nitrogen and oxygen atoms in total. The topological polar surface area (TPSA) is 81.9 Å². The van der Waals surface area contributed by atoms with Gasteiger partial charge in [-0.25, -0.2) is 9.97 Å². The Hall–Kier alpha value is -2.52. The average Bonchev–Trinajstić information content (AvgIpc) is 2.54. The van der Waals surface area contributed by atoms with Gasteiger partial charge in [-0.1, -0.05) is 32.0 Å². The van der Waals surface area contributed by atoms with Gasteiger partial charge in [-0.15, -0.1) is 0 Å². The minimum atomic E-state index is -0.867. The van der Waals surface area contributed by atoms with Crippen LogP contribution in [-0.4, -0.2) is 39.9 Å². The highest BCUT2D eigenvalue weighted by Gasteiger charge is 2.30. The Kier molecular flexibility index (Phi) is 5.70. The summed E-state index contributed by atoms with van der Waals surface area (Å²) in [6, 6.07) is 10.1. The number of rotatable bonds is 6. The van der Waals surface area contributed by atoms with Crippen molar-refractivity contribution in [3.8, 4) is 6.07 Å². The summed E-state index contributed by atoms with van der Waals surface area (Å²) in [5, 5.41) is 13.2. The molecule has 1 unspecified atom stereocenters. The van der Waals surface area contributed by atoms with Crippen LogP contribution in [0.25, 0.3) is 10.9 Å². The Morgan fingerprint density at radius 2 is 2.04 bits per heavy atom. The standard InChI is InChI=1S/C19H25N5O/c1-13(2)19(4,12-20)23-18(25)11-24(5)10-17-21-14(3)15-8-6-7-9-16(15)22-17/h6-9,13H,10-11H2,1-5H3,(H,23,25). The van der Waals surface area contributed by atoms with Crippen molar-refractivity contribution in [1.82, 2.24) is 20.2 Å². The molecule has 1 aromatic heterocycles. The van der Waals surface area contributed by atoms with Crippen molar-refractivity contribution in [2.24, 2.45) is 5.92 Å². The highest BCUT2D eigenvalue weighted by Crippen LogP contribution is 2.16. The van der Waals surface area contributed by atoms with E-state index in [4.69, 9.17) is 0 Å². The van der Waals surface area contributed by atoms with Crippen molar-refractivity contribution in [1.29, 1.82) is 5.26 Å². The van der Waals surface area contributed by atoms with Crippen molar-refractivity contribution in [2.75, 3.05) is 13.6 Å². The molecule has 0 aliphatic heterocycles. The second-order valence-corrected chi connectivity index (χ2v) is 6.93. The van der Waals surface area contributed by atoms with Crippen molar-refractivity contribution in [3.05, 3.63) is 35.8 Å². The minimum Gasteiger partial charge on any atom is -0.337 e. The van der Waals surface area contributed by atoms with Gasteiger partial charge in [0.05, 0.1) is 24.7 Å². The number of aryl methyl sites for hydroxylation is 1. The fourth-order valence-corrected chi connectivity index (χ4v) is 2.54. The van der Waals surface area contributed by atoms with E-state index in [2.05, 4.69) is 21.4 Å². The molecule has 0 aliphatic rings. The summed E-state index contributed by atoms with van der Waals surface area (Å²) in [6.45, 7) is 8.17. The molecule has 6 heteroatoms. The van der Waals surface area contributed by atoms with Crippen LogP contribution in [0.5, 0.6) is 0 Å². The highest BCUT2D eigenvalue weighted by molar-refractivity contribution is 5.80. The molecule has 1 atom stereocenters. The Bertz CT molecular complexity index is 811. The number of fused-ring (bicyclic) bond motifs is 1. The van der Waals surface area contributed by atoms with E-state index in [1.807, 2.05) is 57.0 Å². The first kappa shape index (κ1) is 18.8. The molecule has 0 aliphatic carbocycles. The zero-order chi connectivity index (χ0) is 18.6. The van der Waals surface area contributed by atoms with Crippen molar-refractivity contribution in [3.63, 3.8) is 0 Å². The zero-order valence-electron chi connectivity index (χ0n) is 15.5. The number of amides is 1. The van der Waals surface area contributed by atoms with Gasteiger partial charge in [-0.05, 0) is 32.9 Å². The normalized spacial score (nSPS) is 13.7. The molecular weight excluding hydrogens is 314 g/mol. The molecule has 0 fully saturated rings. The van der Waals surface area contributed by atoms with Gasteiger partial charge in [0.15, 0.2) is 0 Å². The van der Waals surface area contributed by atoms with E-state index in [9.17, 15) is 10.1 Å². The van der Waals surface area contributed by atoms with E-state index < -0.39 is 5.54 Å². The number of nitrogens with zero attached hydrogens (tertiary/aromatic N) is 4. The van der Waals surface area contributed by atoms with Gasteiger partial charge in [-0.3, -0.25) is 9.69 Å². The van der Waals surface area contributed by atoms with Crippen LogP contribution in [0.3, 0.4) is 0 Å². The van der Waals surface area contributed by atoms with E-state index in [-0.39, 0.29) is 18.4 Å². The summed E-state index contributed by atoms with van der Waals surface area (Å²) >= 11 is 0. The number of nitrogens with one attached hydrogen (secondary N) is 1. The van der Waals surface area contributed by atoms with Gasteiger partial charge in [0.2, 0.25) is 5.91 Å². The molecule has 1 aromatic carbocycles. The number of nitriles is 1. The second-order valence-electron chi connectivity index (χ2n) is 6.93. The van der Waals surface area contributed by atoms with E-state index in [1.165, 1.54) is 0 Å². The molecule has 132 valence electrons. The van der Waals surface area contributed by atoms with Crippen molar-refractivity contribution < 1.29 is 4.79 Å². The van der Waals surface area contributed by atoms with Gasteiger partial charge in [0, 0.05) is 11.1 Å². The first-order valence-electron chi connectivity index (χ1n) is 8.38. The third-order valence-electron chi connectivity index (χ3n) is 4.45. The number of aromatic nitrogens is 2. The number of para-hydroxylation sites is 1. The summed E-state index contributed by atoms with van der Waals surface area (Å²) in [6.07, 6.45) is 0. The lowest BCUT2D eigenvalue weighted by Gasteiger charge is -2.28. The molecule has 0 spiro atoms. The molecule has 25 heavy (non-hydrogen) atoms. The Labute approximate surface area is 148 Å². The predicted octanol–water partition coefficient (Wildman–Crippen LogP) is 2.42. The molecule has 2 rings (SSSR count). The maximum atomic E-state index is 12.3. The summed E-state index contributed by atoms with van der Waals surface area (Å²) < 4.78 is 0. The van der Waals surface area contributed by atoms with Crippen LogP contribution in [0.15, 0.2) is 24.3 Å². The van der Waals surface area contributed by atoms with Crippen LogP contribution in [-0.2, 0) is 11.3 Å². The first-order chi connectivity index (χ1) is 11.7. The minimum absolute atomic E-state index is 0.0261. The lowest BCUT2D eigenvalue weighted by molar-refractivity contribution is -0.123. The molecule has 1 amide bonds. The molecule has 0 saturated carbocycles. The first-order valence-corrected chi connectivity index (χ1v) is 8.38. The smallest absolute Gasteiger partial charge is 0.235 e. The van der Waals surface area contributed by atoms with Gasteiger partial charge in [0.25, 0.3) is 0 Å². The van der Waals surface area contributed by atoms with Crippen LogP contribution in [0.1, 0.15) is 32.3 Å². The van der Waals surface area contributed by atoms with E-state index in [0.29, 0.717) is 12.4 Å². The van der Waals surface area contributed by atoms with Crippen molar-refractivity contribution >= 4 is 16.8 Å². The maximum Gasteiger partial charge on any atom is 0.235 e. The van der Waals surface area contributed by atoms with E-state index in [1.54, 1.807) is 6.92 Å². The van der Waals surface area contributed by atoms with E-state index >= 15 is 0 Å². The summed E-state index contributed by atoms with van der Waals surface area (Å²) in [4.78, 5) is 23.2. The van der Waals surface area contributed by atoms with Crippen LogP contribution >= 0.6 is 0 Å². The average molecular weight is 339 g/mol. The third-order valence-corrected chi connectivity index (χ3v) is 4.45. The third kappa shape index (κ3) is 4.52. The molecule has 1 heterocycles. The summed E-state index contributed by atoms with van der Waals surface area (Å²) in [5.41, 5.74) is 0.962. The molecule has 0 bridgehead atoms. The van der Waals surface area contributed by atoms with Crippen molar-refractivity contribution in [2.45, 2.75) is 39.8 Å². The quantitative estimate of drug-likeness (QED) is 0.874. The number of hydrogen-bond donors (Lipinski definition) is 1. The monoisotopic (exact) mass is 339 g/mol. The summed E-state index contributed by atoms with van der Waals surface area (Å²) in [5.74, 6) is 0.523. The number of carbonyl (C=O) groups is 1. The van der Waals surface area contributed by atoms with Crippen LogP contribution in [0.4, 0.5) is 0 Å². The number of benzene rings is 1. The fraction of sp³-hybridized carbons (Fsp3) is 0.474. The van der Waals surface area contributed by atoms with Crippen LogP contribution in [0, 0.1) is 24.2 Å². The Morgan fingerprint density at radius 1 is 1.36 bits per heavy atom. The molecule has 2 aromatic rings. The lowest BCUT2D eigenvalue weighted by atomic mass is 9.90. The highest BCUT2D eigenvalue weighted by atomic mass is 16.2. The molecule has 0 saturated heterocycles. The number of hydrogen-bond acceptors (Lipinski definition) is 5. The van der Waals surface area contributed by atoms with Gasteiger partial charge in [0.1, 0.15) is 11.4 Å². The van der Waals surface area contributed by atoms with Gasteiger partial charge >= 0.3 is 0 Å². The predicted molar refractivity (Wildman–Crippen MR) is 97.6 cm³/mol. The molecular formula is C19H25N5O. The van der Waals surface area contributed by atoms with Gasteiger partial charge in [-0.2, -0.15) is 5.26 Å². The molecule has 1 N–H and O–H groups in total. The number of carbonyl (C=O) groups excluding carboxylic acids is 1. The number of likely N-dealkylation sites (N-methyl/N-ethyl adjacent to an activating group) is 1. The summed E-state index contributed by atoms with van der Waals surface area (Å²) in [7, 11) is 1.84. The largest absolute Gasteiger partial charge is 0.337 e. The Morgan fingerprint density at radius 3 is 2.68 bits per heavy atom. The second kappa shape index (κ2) is 7.58. The fourth-order valence-electron chi connectivity index (χ4n) is 2.54. The SMILES string of the molecule is Cc1nc(CN(C)CC(=O)NC(C)(C#N)C(C)C)nc2ccccc12. The lowest BCUT2D eigenvalue weighted by Crippen LogP contribution is -2.51. The Balaban J connectivity index is 2.04. The van der Waals surface area contributed by atoms with Gasteiger partial charge < -0.3 is 5.32 Å². The van der Waals surface area contributed by atoms with E-state index in [0.717, 1.165) is 16.6 Å². The zero-order valence-corrected chi connectivity index (χ0v) is 15.5. The van der Waals surface area contributed by atoms with Crippen LogP contribution in [0.2, 0.25) is 0 Å².